The fourth-order valence-corrected chi connectivity index (χ4v) is 1.47. The Morgan fingerprint density at radius 3 is 3.00 bits per heavy atom. The van der Waals surface area contributed by atoms with Gasteiger partial charge in [-0.15, -0.1) is 5.10 Å². The van der Waals surface area contributed by atoms with E-state index in [2.05, 4.69) is 15.4 Å². The second-order valence-corrected chi connectivity index (χ2v) is 3.33. The molecule has 0 saturated heterocycles. The molecule has 5 heteroatoms. The smallest absolute Gasteiger partial charge is 0.0952 e. The third-order valence-electron chi connectivity index (χ3n) is 1.32. The Balaban J connectivity index is 2.32. The van der Waals surface area contributed by atoms with Crippen molar-refractivity contribution < 1.29 is 0 Å². The van der Waals surface area contributed by atoms with E-state index < -0.39 is 0 Å². The summed E-state index contributed by atoms with van der Waals surface area (Å²) in [5, 5.41) is 10.4. The van der Waals surface area contributed by atoms with Crippen LogP contribution in [0.4, 0.5) is 0 Å². The fourth-order valence-electron chi connectivity index (χ4n) is 0.689. The molecule has 0 bridgehead atoms. The zero-order chi connectivity index (χ0) is 8.10. The van der Waals surface area contributed by atoms with E-state index in [0.717, 1.165) is 29.4 Å². The monoisotopic (exact) mass is 172 g/mol. The van der Waals surface area contributed by atoms with E-state index >= 15 is 0 Å². The number of hydrogen-bond donors (Lipinski definition) is 2. The van der Waals surface area contributed by atoms with Gasteiger partial charge in [-0.1, -0.05) is 5.21 Å². The lowest BCUT2D eigenvalue weighted by molar-refractivity contribution is 0.919. The van der Waals surface area contributed by atoms with Crippen molar-refractivity contribution in [2.45, 2.75) is 12.7 Å². The first-order chi connectivity index (χ1) is 5.34. The van der Waals surface area contributed by atoms with Crippen molar-refractivity contribution in [3.05, 3.63) is 11.4 Å². The SMILES string of the molecule is Cc1[nH]nnc1CSCCN. The summed E-state index contributed by atoms with van der Waals surface area (Å²) in [7, 11) is 0. The van der Waals surface area contributed by atoms with Crippen molar-refractivity contribution >= 4 is 11.8 Å². The number of thioether (sulfide) groups is 1. The van der Waals surface area contributed by atoms with E-state index in [9.17, 15) is 0 Å². The summed E-state index contributed by atoms with van der Waals surface area (Å²) >= 11 is 1.78. The zero-order valence-corrected chi connectivity index (χ0v) is 7.32. The van der Waals surface area contributed by atoms with Gasteiger partial charge in [-0.25, -0.2) is 0 Å². The van der Waals surface area contributed by atoms with Gasteiger partial charge in [0.1, 0.15) is 0 Å². The van der Waals surface area contributed by atoms with Crippen LogP contribution < -0.4 is 5.73 Å². The Morgan fingerprint density at radius 2 is 2.45 bits per heavy atom. The highest BCUT2D eigenvalue weighted by Gasteiger charge is 2.00. The molecule has 0 unspecified atom stereocenters. The predicted molar refractivity (Wildman–Crippen MR) is 46.3 cm³/mol. The van der Waals surface area contributed by atoms with Gasteiger partial charge in [0, 0.05) is 18.1 Å². The van der Waals surface area contributed by atoms with Crippen molar-refractivity contribution in [1.82, 2.24) is 15.4 Å². The molecule has 1 aromatic heterocycles. The third-order valence-corrected chi connectivity index (χ3v) is 2.32. The molecular weight excluding hydrogens is 160 g/mol. The molecule has 1 heterocycles. The van der Waals surface area contributed by atoms with Gasteiger partial charge in [0.05, 0.1) is 11.4 Å². The quantitative estimate of drug-likeness (QED) is 0.641. The first-order valence-corrected chi connectivity index (χ1v) is 4.64. The number of nitrogens with zero attached hydrogens (tertiary/aromatic N) is 2. The zero-order valence-electron chi connectivity index (χ0n) is 6.50. The van der Waals surface area contributed by atoms with Crippen LogP contribution in [-0.2, 0) is 5.75 Å². The topological polar surface area (TPSA) is 67.6 Å². The van der Waals surface area contributed by atoms with Crippen molar-refractivity contribution in [1.29, 1.82) is 0 Å². The Hall–Kier alpha value is -0.550. The maximum atomic E-state index is 5.34. The third kappa shape index (κ3) is 2.51. The van der Waals surface area contributed by atoms with E-state index in [1.165, 1.54) is 0 Å². The molecule has 0 aliphatic rings. The molecule has 0 aliphatic heterocycles. The summed E-state index contributed by atoms with van der Waals surface area (Å²) in [6.07, 6.45) is 0. The lowest BCUT2D eigenvalue weighted by Gasteiger charge is -1.95. The fraction of sp³-hybridized carbons (Fsp3) is 0.667. The van der Waals surface area contributed by atoms with Crippen LogP contribution >= 0.6 is 11.8 Å². The van der Waals surface area contributed by atoms with E-state index in [0.29, 0.717) is 0 Å². The van der Waals surface area contributed by atoms with Crippen LogP contribution in [0.15, 0.2) is 0 Å². The largest absolute Gasteiger partial charge is 0.330 e. The maximum absolute atomic E-state index is 5.34. The molecule has 0 atom stereocenters. The second-order valence-electron chi connectivity index (χ2n) is 2.22. The van der Waals surface area contributed by atoms with Crippen LogP contribution in [0.3, 0.4) is 0 Å². The highest BCUT2D eigenvalue weighted by Crippen LogP contribution is 2.10. The Bertz CT molecular complexity index is 210. The molecule has 0 amide bonds. The van der Waals surface area contributed by atoms with Crippen molar-refractivity contribution in [2.75, 3.05) is 12.3 Å². The molecule has 0 aliphatic carbocycles. The Morgan fingerprint density at radius 1 is 1.64 bits per heavy atom. The molecule has 62 valence electrons. The highest BCUT2D eigenvalue weighted by molar-refractivity contribution is 7.98. The molecule has 0 spiro atoms. The number of aryl methyl sites for hydroxylation is 1. The number of rotatable bonds is 4. The lowest BCUT2D eigenvalue weighted by Crippen LogP contribution is -2.01. The first kappa shape index (κ1) is 8.55. The van der Waals surface area contributed by atoms with Gasteiger partial charge in [0.25, 0.3) is 0 Å². The molecule has 0 aromatic carbocycles. The number of aromatic amines is 1. The van der Waals surface area contributed by atoms with Crippen molar-refractivity contribution in [2.24, 2.45) is 5.73 Å². The van der Waals surface area contributed by atoms with Crippen LogP contribution in [0.25, 0.3) is 0 Å². The summed E-state index contributed by atoms with van der Waals surface area (Å²) in [4.78, 5) is 0. The van der Waals surface area contributed by atoms with Gasteiger partial charge in [-0.3, -0.25) is 5.10 Å². The molecule has 11 heavy (non-hydrogen) atoms. The Labute approximate surface area is 69.9 Å². The minimum absolute atomic E-state index is 0.724. The second kappa shape index (κ2) is 4.35. The number of nitrogens with two attached hydrogens (primary N) is 1. The van der Waals surface area contributed by atoms with Crippen molar-refractivity contribution in [3.8, 4) is 0 Å². The molecule has 4 nitrogen and oxygen atoms in total. The van der Waals surface area contributed by atoms with E-state index in [-0.39, 0.29) is 0 Å². The average Bonchev–Trinajstić information content (AvgIpc) is 2.37. The van der Waals surface area contributed by atoms with Crippen LogP contribution in [0.5, 0.6) is 0 Å². The van der Waals surface area contributed by atoms with Crippen LogP contribution in [-0.4, -0.2) is 27.7 Å². The average molecular weight is 172 g/mol. The summed E-state index contributed by atoms with van der Waals surface area (Å²) in [6.45, 7) is 2.69. The van der Waals surface area contributed by atoms with Gasteiger partial charge in [-0.05, 0) is 6.92 Å². The number of hydrogen-bond acceptors (Lipinski definition) is 4. The van der Waals surface area contributed by atoms with E-state index in [1.54, 1.807) is 11.8 Å². The van der Waals surface area contributed by atoms with Crippen LogP contribution in [0.1, 0.15) is 11.4 Å². The number of aromatic nitrogens is 3. The highest BCUT2D eigenvalue weighted by atomic mass is 32.2. The van der Waals surface area contributed by atoms with Gasteiger partial charge in [-0.2, -0.15) is 11.8 Å². The maximum Gasteiger partial charge on any atom is 0.0952 e. The molecule has 0 fully saturated rings. The number of nitrogens with one attached hydrogen (secondary N) is 1. The molecule has 1 rings (SSSR count). The molecular formula is C6H12N4S. The van der Waals surface area contributed by atoms with E-state index in [4.69, 9.17) is 5.73 Å². The normalized spacial score (nSPS) is 10.4. The van der Waals surface area contributed by atoms with Gasteiger partial charge in [0.15, 0.2) is 0 Å². The van der Waals surface area contributed by atoms with Gasteiger partial charge in [0.2, 0.25) is 0 Å². The molecule has 3 N–H and O–H groups in total. The standard InChI is InChI=1S/C6H12N4S/c1-5-6(9-10-8-5)4-11-3-2-7/h2-4,7H2,1H3,(H,8,9,10). The summed E-state index contributed by atoms with van der Waals surface area (Å²) in [5.41, 5.74) is 7.42. The lowest BCUT2D eigenvalue weighted by atomic mass is 10.4. The van der Waals surface area contributed by atoms with Crippen LogP contribution in [0.2, 0.25) is 0 Å². The minimum atomic E-state index is 0.724. The van der Waals surface area contributed by atoms with Gasteiger partial charge < -0.3 is 5.73 Å². The summed E-state index contributed by atoms with van der Waals surface area (Å²) in [6, 6.07) is 0. The Kier molecular flexibility index (Phi) is 3.38. The predicted octanol–water partition coefficient (Wildman–Crippen LogP) is 0.305. The number of H-pyrrole nitrogens is 1. The van der Waals surface area contributed by atoms with Gasteiger partial charge >= 0.3 is 0 Å². The van der Waals surface area contributed by atoms with Crippen molar-refractivity contribution in [3.63, 3.8) is 0 Å². The summed E-state index contributed by atoms with van der Waals surface area (Å²) in [5.74, 6) is 1.88. The molecule has 0 radical (unpaired) electrons. The summed E-state index contributed by atoms with van der Waals surface area (Å²) < 4.78 is 0. The molecule has 1 aromatic rings. The molecule has 0 saturated carbocycles. The van der Waals surface area contributed by atoms with Crippen LogP contribution in [0, 0.1) is 6.92 Å². The van der Waals surface area contributed by atoms with E-state index in [1.807, 2.05) is 6.92 Å². The first-order valence-electron chi connectivity index (χ1n) is 3.49. The minimum Gasteiger partial charge on any atom is -0.330 e.